The Morgan fingerprint density at radius 1 is 0.833 bits per heavy atom. The van der Waals surface area contributed by atoms with Gasteiger partial charge in [-0.1, -0.05) is 36.3 Å². The molecule has 0 heterocycles. The van der Waals surface area contributed by atoms with E-state index in [4.69, 9.17) is 4.11 Å². The van der Waals surface area contributed by atoms with Crippen molar-refractivity contribution < 1.29 is 4.11 Å². The summed E-state index contributed by atoms with van der Waals surface area (Å²) in [5.41, 5.74) is 0. The second-order valence-corrected chi connectivity index (χ2v) is 0.939. The van der Waals surface area contributed by atoms with E-state index in [0.717, 1.165) is 0 Å². The van der Waals surface area contributed by atoms with E-state index in [1.54, 1.807) is 6.07 Å². The van der Waals surface area contributed by atoms with Gasteiger partial charge in [-0.05, 0) is 0 Å². The van der Waals surface area contributed by atoms with E-state index in [1.807, 2.05) is 0 Å². The van der Waals surface area contributed by atoms with E-state index in [1.165, 1.54) is 12.1 Å². The van der Waals surface area contributed by atoms with E-state index in [2.05, 4.69) is 0 Å². The molecule has 0 aliphatic rings. The molecule has 1 rings (SSSR count). The molecule has 0 radical (unpaired) electrons. The van der Waals surface area contributed by atoms with Crippen LogP contribution in [-0.2, 0) is 0 Å². The predicted octanol–water partition coefficient (Wildman–Crippen LogP) is 1.69. The lowest BCUT2D eigenvalue weighted by Gasteiger charge is -1.69. The summed E-state index contributed by atoms with van der Waals surface area (Å²) in [6.07, 6.45) is 0. The average molecular weight is 81.1 g/mol. The molecular weight excluding hydrogens is 72.1 g/mol. The van der Waals surface area contributed by atoms with Crippen LogP contribution in [0, 0.1) is 0 Å². The molecule has 0 unspecified atom stereocenters. The van der Waals surface area contributed by atoms with Gasteiger partial charge in [-0.2, -0.15) is 0 Å². The fourth-order valence-electron chi connectivity index (χ4n) is 0.269. The molecule has 0 N–H and O–H groups in total. The minimum absolute atomic E-state index is 0.00231. The van der Waals surface area contributed by atoms with Gasteiger partial charge in [-0.15, -0.1) is 0 Å². The van der Waals surface area contributed by atoms with Crippen LogP contribution in [0.2, 0.25) is 0 Å². The highest BCUT2D eigenvalue weighted by Crippen LogP contribution is 1.79. The Balaban J connectivity index is 3.25. The lowest BCUT2D eigenvalue weighted by atomic mass is 10.4. The molecule has 0 nitrogen and oxygen atoms in total. The van der Waals surface area contributed by atoms with Crippen LogP contribution in [0.5, 0.6) is 0 Å². The number of hydrogen-bond acceptors (Lipinski definition) is 0. The summed E-state index contributed by atoms with van der Waals surface area (Å²) in [6, 6.07) is 4.83. The van der Waals surface area contributed by atoms with Crippen molar-refractivity contribution in [3.05, 3.63) is 36.3 Å². The molecular formula is C6H6. The van der Waals surface area contributed by atoms with Gasteiger partial charge in [-0.3, -0.25) is 0 Å². The zero-order valence-electron chi connectivity index (χ0n) is 6.23. The second kappa shape index (κ2) is 1.61. The topological polar surface area (TPSA) is 0 Å². The van der Waals surface area contributed by atoms with Crippen LogP contribution in [0.3, 0.4) is 0 Å². The maximum absolute atomic E-state index is 7.07. The minimum atomic E-state index is -0.00231. The third kappa shape index (κ3) is 0.582. The largest absolute Gasteiger partial charge is 0.0623 e. The molecule has 1 aromatic carbocycles. The number of rotatable bonds is 0. The summed E-state index contributed by atoms with van der Waals surface area (Å²) in [6.45, 7) is 0. The highest BCUT2D eigenvalue weighted by Gasteiger charge is 1.57. The second-order valence-electron chi connectivity index (χ2n) is 0.939. The lowest BCUT2D eigenvalue weighted by molar-refractivity contribution is 1.72. The Bertz CT molecular complexity index is 199. The van der Waals surface area contributed by atoms with Gasteiger partial charge >= 0.3 is 0 Å². The van der Waals surface area contributed by atoms with Crippen LogP contribution in [-0.4, -0.2) is 0 Å². The van der Waals surface area contributed by atoms with Crippen LogP contribution in [0.4, 0.5) is 0 Å². The summed E-state index contributed by atoms with van der Waals surface area (Å²) >= 11 is 0. The molecule has 0 amide bonds. The first-order valence-electron chi connectivity index (χ1n) is 3.24. The van der Waals surface area contributed by atoms with Crippen molar-refractivity contribution in [3.63, 3.8) is 0 Å². The SMILES string of the molecule is [2H]c1cccc([2H])c1[2H]. The van der Waals surface area contributed by atoms with Crippen molar-refractivity contribution >= 4 is 0 Å². The molecule has 0 aliphatic heterocycles. The van der Waals surface area contributed by atoms with Crippen LogP contribution in [0.25, 0.3) is 0 Å². The summed E-state index contributed by atoms with van der Waals surface area (Å²) in [4.78, 5) is 0. The normalized spacial score (nSPS) is 15.0. The zero-order chi connectivity index (χ0) is 6.85. The highest BCUT2D eigenvalue weighted by atomic mass is 13.6. The van der Waals surface area contributed by atoms with Crippen molar-refractivity contribution in [3.8, 4) is 0 Å². The van der Waals surface area contributed by atoms with Crippen molar-refractivity contribution in [2.24, 2.45) is 0 Å². The first-order chi connectivity index (χ1) is 4.22. The van der Waals surface area contributed by atoms with E-state index >= 15 is 0 Å². The molecule has 0 spiro atoms. The summed E-state index contributed by atoms with van der Waals surface area (Å²) < 4.78 is 21.2. The number of hydrogen-bond donors (Lipinski definition) is 0. The number of benzene rings is 1. The maximum Gasteiger partial charge on any atom is 0.0623 e. The van der Waals surface area contributed by atoms with Crippen molar-refractivity contribution in [1.29, 1.82) is 0 Å². The third-order valence-electron chi connectivity index (χ3n) is 0.503. The first kappa shape index (κ1) is 1.38. The Hall–Kier alpha value is -0.780. The fraction of sp³-hybridized carbons (Fsp3) is 0. The molecule has 0 aromatic heterocycles. The van der Waals surface area contributed by atoms with Gasteiger partial charge in [0.1, 0.15) is 0 Å². The molecule has 0 saturated heterocycles. The van der Waals surface area contributed by atoms with Gasteiger partial charge in [0, 0.05) is 0 Å². The molecule has 0 aliphatic carbocycles. The van der Waals surface area contributed by atoms with E-state index < -0.39 is 0 Å². The molecule has 1 aromatic rings. The van der Waals surface area contributed by atoms with Crippen molar-refractivity contribution in [1.82, 2.24) is 0 Å². The zero-order valence-corrected chi connectivity index (χ0v) is 3.23. The predicted molar refractivity (Wildman–Crippen MR) is 26.4 cm³/mol. The molecule has 0 bridgehead atoms. The molecule has 0 fully saturated rings. The Morgan fingerprint density at radius 3 is 2.00 bits per heavy atom. The lowest BCUT2D eigenvalue weighted by Crippen LogP contribution is -1.47. The summed E-state index contributed by atoms with van der Waals surface area (Å²) in [5, 5.41) is 0. The molecule has 0 atom stereocenters. The monoisotopic (exact) mass is 81.1 g/mol. The molecule has 30 valence electrons. The van der Waals surface area contributed by atoms with Crippen molar-refractivity contribution in [2.45, 2.75) is 0 Å². The van der Waals surface area contributed by atoms with Crippen LogP contribution >= 0.6 is 0 Å². The van der Waals surface area contributed by atoms with E-state index in [-0.39, 0.29) is 18.1 Å². The Kier molecular flexibility index (Phi) is 0.368. The smallest absolute Gasteiger partial charge is 0.0623 e. The Labute approximate surface area is 41.6 Å². The fourth-order valence-corrected chi connectivity index (χ4v) is 0.269. The molecule has 6 heavy (non-hydrogen) atoms. The van der Waals surface area contributed by atoms with E-state index in [9.17, 15) is 0 Å². The van der Waals surface area contributed by atoms with Gasteiger partial charge in [0.15, 0.2) is 0 Å². The van der Waals surface area contributed by atoms with Gasteiger partial charge in [0.05, 0.1) is 4.11 Å². The van der Waals surface area contributed by atoms with Gasteiger partial charge < -0.3 is 0 Å². The first-order valence-corrected chi connectivity index (χ1v) is 1.74. The quantitative estimate of drug-likeness (QED) is 0.445. The standard InChI is InChI=1S/C6H6/c1-2-4-6-5-3-1/h1-6H/i1D,2D,3D. The van der Waals surface area contributed by atoms with Crippen LogP contribution < -0.4 is 0 Å². The maximum atomic E-state index is 7.07. The van der Waals surface area contributed by atoms with Crippen molar-refractivity contribution in [2.75, 3.05) is 0 Å². The van der Waals surface area contributed by atoms with Gasteiger partial charge in [0.25, 0.3) is 0 Å². The summed E-state index contributed by atoms with van der Waals surface area (Å²) in [5.74, 6) is 0. The molecule has 0 saturated carbocycles. The average Bonchev–Trinajstić information content (AvgIpc) is 1.83. The van der Waals surface area contributed by atoms with Gasteiger partial charge in [0.2, 0.25) is 0 Å². The van der Waals surface area contributed by atoms with Crippen LogP contribution in [0.1, 0.15) is 4.11 Å². The molecule has 0 heteroatoms. The van der Waals surface area contributed by atoms with Crippen LogP contribution in [0.15, 0.2) is 36.3 Å². The Morgan fingerprint density at radius 2 is 1.50 bits per heavy atom. The highest BCUT2D eigenvalue weighted by molar-refractivity contribution is 4.99. The summed E-state index contributed by atoms with van der Waals surface area (Å²) in [7, 11) is 0. The minimum Gasteiger partial charge on any atom is -0.0623 e. The third-order valence-corrected chi connectivity index (χ3v) is 0.503. The van der Waals surface area contributed by atoms with Gasteiger partial charge in [-0.25, -0.2) is 0 Å². The van der Waals surface area contributed by atoms with E-state index in [0.29, 0.717) is 0 Å².